The number of methoxy groups -OCH3 is 3. The van der Waals surface area contributed by atoms with Crippen LogP contribution in [0, 0.1) is 0 Å². The van der Waals surface area contributed by atoms with Crippen molar-refractivity contribution in [2.45, 2.75) is 0 Å². The Labute approximate surface area is 196 Å². The molecule has 0 aromatic heterocycles. The van der Waals surface area contributed by atoms with E-state index >= 15 is 0 Å². The third-order valence-electron chi connectivity index (χ3n) is 3.32. The molecule has 11 heteroatoms. The van der Waals surface area contributed by atoms with E-state index in [2.05, 4.69) is 20.5 Å². The summed E-state index contributed by atoms with van der Waals surface area (Å²) in [5.74, 6) is 1.10. The Morgan fingerprint density at radius 3 is 1.96 bits per heavy atom. The van der Waals surface area contributed by atoms with Crippen molar-refractivity contribution in [2.24, 2.45) is 0 Å². The first-order chi connectivity index (χ1) is 12.3. The maximum absolute atomic E-state index is 10.9. The second-order valence-corrected chi connectivity index (χ2v) is 6.95. The summed E-state index contributed by atoms with van der Waals surface area (Å²) < 4.78 is 31.6. The van der Waals surface area contributed by atoms with Gasteiger partial charge in [0.25, 0.3) is 0 Å². The van der Waals surface area contributed by atoms with E-state index < -0.39 is 7.82 Å². The summed E-state index contributed by atoms with van der Waals surface area (Å²) in [6.07, 6.45) is 3.51. The molecule has 0 radical (unpaired) electrons. The number of phosphoric ester groups is 1. The molecule has 7 nitrogen and oxygen atoms in total. The smallest absolute Gasteiger partial charge is 0.780 e. The van der Waals surface area contributed by atoms with Crippen LogP contribution in [-0.4, -0.2) is 21.3 Å². The van der Waals surface area contributed by atoms with Crippen molar-refractivity contribution in [3.05, 3.63) is 45.9 Å². The maximum Gasteiger partial charge on any atom is 1.00 e. The average molecular weight is 457 g/mol. The second kappa shape index (κ2) is 12.0. The third-order valence-corrected chi connectivity index (χ3v) is 4.33. The molecule has 0 fully saturated rings. The molecular weight excluding hydrogens is 441 g/mol. The Kier molecular flexibility index (Phi) is 11.7. The third kappa shape index (κ3) is 7.56. The summed E-state index contributed by atoms with van der Waals surface area (Å²) in [4.78, 5) is 21.7. The molecule has 0 bridgehead atoms. The molecule has 2 rings (SSSR count). The molecule has 0 heterocycles. The van der Waals surface area contributed by atoms with Gasteiger partial charge in [0.2, 0.25) is 0 Å². The van der Waals surface area contributed by atoms with Crippen molar-refractivity contribution in [2.75, 3.05) is 21.3 Å². The van der Waals surface area contributed by atoms with Crippen LogP contribution < -0.4 is 66.2 Å². The molecule has 0 amide bonds. The van der Waals surface area contributed by atoms with Gasteiger partial charge in [-0.2, -0.15) is 0 Å². The fourth-order valence-electron chi connectivity index (χ4n) is 2.22. The van der Waals surface area contributed by atoms with E-state index in [9.17, 15) is 14.4 Å². The van der Waals surface area contributed by atoms with Crippen LogP contribution in [0.15, 0.2) is 34.8 Å². The molecule has 0 N–H and O–H groups in total. The summed E-state index contributed by atoms with van der Waals surface area (Å²) in [6, 6.07) is 8.22. The Morgan fingerprint density at radius 1 is 0.857 bits per heavy atom. The molecule has 2 aromatic carbocycles. The molecular formula is C17H16BrLi2O7P. The zero-order valence-corrected chi connectivity index (χ0v) is 18.7. The normalized spacial score (nSPS) is 10.6. The fraction of sp³-hybridized carbons (Fsp3) is 0.176. The first-order valence-corrected chi connectivity index (χ1v) is 9.52. The SMILES string of the molecule is COc1ccc(/C=C\c2cc(Br)c(OC)c(OC)c2)cc1OP(=O)([O-])[O-].[Li+].[Li+]. The molecule has 0 unspecified atom stereocenters. The van der Waals surface area contributed by atoms with Crippen LogP contribution in [0.25, 0.3) is 12.2 Å². The van der Waals surface area contributed by atoms with Crippen LogP contribution >= 0.6 is 23.8 Å². The first-order valence-electron chi connectivity index (χ1n) is 7.26. The number of benzene rings is 2. The first kappa shape index (κ1) is 27.2. The predicted octanol–water partition coefficient (Wildman–Crippen LogP) is -3.14. The standard InChI is InChI=1S/C17H18BrO7P.2Li/c1-22-14-7-6-11(9-15(14)25-26(19,20)21)4-5-12-8-13(18)17(24-3)16(10-12)23-2;;/h4-10H,1-3H3,(H2,19,20,21);;/q;2*+1/p-2/b5-4-;;. The van der Waals surface area contributed by atoms with Crippen molar-refractivity contribution in [1.82, 2.24) is 0 Å². The van der Waals surface area contributed by atoms with Crippen molar-refractivity contribution in [3.63, 3.8) is 0 Å². The molecule has 0 saturated heterocycles. The average Bonchev–Trinajstić information content (AvgIpc) is 2.58. The van der Waals surface area contributed by atoms with Crippen LogP contribution in [-0.2, 0) is 4.57 Å². The quantitative estimate of drug-likeness (QED) is 0.246. The molecule has 0 spiro atoms. The minimum atomic E-state index is -5.19. The maximum atomic E-state index is 10.9. The fourth-order valence-corrected chi connectivity index (χ4v) is 3.22. The van der Waals surface area contributed by atoms with Crippen molar-refractivity contribution in [3.8, 4) is 23.0 Å². The van der Waals surface area contributed by atoms with Gasteiger partial charge in [-0.15, -0.1) is 0 Å². The van der Waals surface area contributed by atoms with E-state index in [1.54, 1.807) is 31.4 Å². The molecule has 140 valence electrons. The Balaban J connectivity index is 0.00000364. The molecule has 0 aliphatic rings. The summed E-state index contributed by atoms with van der Waals surface area (Å²) in [5, 5.41) is 0. The number of hydrogen-bond acceptors (Lipinski definition) is 7. The van der Waals surface area contributed by atoms with Crippen molar-refractivity contribution in [1.29, 1.82) is 0 Å². The van der Waals surface area contributed by atoms with Gasteiger partial charge in [-0.3, -0.25) is 0 Å². The second-order valence-electron chi connectivity index (χ2n) is 5.02. The Bertz CT molecular complexity index is 871. The number of hydrogen-bond donors (Lipinski definition) is 0. The monoisotopic (exact) mass is 456 g/mol. The van der Waals surface area contributed by atoms with Crippen LogP contribution in [0.1, 0.15) is 11.1 Å². The molecule has 0 atom stereocenters. The van der Waals surface area contributed by atoms with E-state index in [0.717, 1.165) is 10.0 Å². The largest absolute Gasteiger partial charge is 1.00 e. The van der Waals surface area contributed by atoms with Gasteiger partial charge < -0.3 is 33.1 Å². The van der Waals surface area contributed by atoms with Crippen LogP contribution in [0.3, 0.4) is 0 Å². The van der Waals surface area contributed by atoms with E-state index in [0.29, 0.717) is 17.1 Å². The van der Waals surface area contributed by atoms with Gasteiger partial charge in [0.05, 0.1) is 25.8 Å². The molecule has 0 aliphatic heterocycles. The Morgan fingerprint density at radius 2 is 1.43 bits per heavy atom. The summed E-state index contributed by atoms with van der Waals surface area (Å²) in [6.45, 7) is 0. The Hall–Kier alpha value is -0.795. The van der Waals surface area contributed by atoms with Gasteiger partial charge in [0.15, 0.2) is 23.0 Å². The van der Waals surface area contributed by atoms with Gasteiger partial charge in [-0.05, 0) is 51.3 Å². The summed E-state index contributed by atoms with van der Waals surface area (Å²) in [7, 11) is -0.765. The minimum Gasteiger partial charge on any atom is -0.780 e. The zero-order chi connectivity index (χ0) is 19.3. The summed E-state index contributed by atoms with van der Waals surface area (Å²) in [5.41, 5.74) is 1.42. The number of halogens is 1. The number of rotatable bonds is 7. The van der Waals surface area contributed by atoms with E-state index in [1.165, 1.54) is 26.4 Å². The zero-order valence-electron chi connectivity index (χ0n) is 16.2. The topological polar surface area (TPSA) is 100 Å². The molecule has 0 saturated carbocycles. The van der Waals surface area contributed by atoms with Crippen molar-refractivity contribution >= 4 is 35.9 Å². The van der Waals surface area contributed by atoms with Gasteiger partial charge in [0.1, 0.15) is 7.82 Å². The molecule has 0 aliphatic carbocycles. The van der Waals surface area contributed by atoms with Crippen LogP contribution in [0.4, 0.5) is 0 Å². The predicted molar refractivity (Wildman–Crippen MR) is 97.4 cm³/mol. The van der Waals surface area contributed by atoms with E-state index in [1.807, 2.05) is 6.07 Å². The van der Waals surface area contributed by atoms with Gasteiger partial charge in [-0.25, -0.2) is 0 Å². The van der Waals surface area contributed by atoms with E-state index in [4.69, 9.17) is 14.2 Å². The van der Waals surface area contributed by atoms with Crippen LogP contribution in [0.2, 0.25) is 0 Å². The minimum absolute atomic E-state index is 0. The summed E-state index contributed by atoms with van der Waals surface area (Å²) >= 11 is 3.41. The van der Waals surface area contributed by atoms with Gasteiger partial charge in [-0.1, -0.05) is 18.2 Å². The van der Waals surface area contributed by atoms with Crippen molar-refractivity contribution < 1.29 is 70.8 Å². The van der Waals surface area contributed by atoms with Crippen LogP contribution in [0.5, 0.6) is 23.0 Å². The number of phosphoric acid groups is 1. The van der Waals surface area contributed by atoms with Gasteiger partial charge in [0, 0.05) is 0 Å². The molecule has 28 heavy (non-hydrogen) atoms. The van der Waals surface area contributed by atoms with Gasteiger partial charge >= 0.3 is 37.7 Å². The molecule has 2 aromatic rings. The van der Waals surface area contributed by atoms with E-state index in [-0.39, 0.29) is 49.2 Å². The number of ether oxygens (including phenoxy) is 3.